The molecule has 0 saturated carbocycles. The molecule has 0 aliphatic carbocycles. The first-order valence-electron chi connectivity index (χ1n) is 13.3. The van der Waals surface area contributed by atoms with E-state index in [1.165, 1.54) is 0 Å². The number of rotatable bonds is 5. The standard InChI is InChI=1S/C28H37N5O4/c1-19-8-10-23(31-13-15-32(16-14-31)27(35)37-28(2,3)4)25(30-19)26(34)33-21-9-11-22(33)20(17-21)18-36-24-7-5-6-12-29-24/h5-8,10,12,20-22H,9,11,13-18H2,1-4H3. The lowest BCUT2D eigenvalue weighted by Crippen LogP contribution is -2.50. The number of nitrogens with zero attached hydrogens (tertiary/aromatic N) is 5. The highest BCUT2D eigenvalue weighted by atomic mass is 16.6. The number of hydrogen-bond donors (Lipinski definition) is 0. The quantitative estimate of drug-likeness (QED) is 0.606. The minimum absolute atomic E-state index is 0.00103. The van der Waals surface area contributed by atoms with E-state index in [-0.39, 0.29) is 30.0 Å². The maximum absolute atomic E-state index is 14.0. The summed E-state index contributed by atoms with van der Waals surface area (Å²) in [5, 5.41) is 0. The first-order valence-corrected chi connectivity index (χ1v) is 13.3. The molecule has 3 fully saturated rings. The largest absolute Gasteiger partial charge is 0.477 e. The summed E-state index contributed by atoms with van der Waals surface area (Å²) in [6.07, 6.45) is 4.38. The zero-order valence-electron chi connectivity index (χ0n) is 22.2. The van der Waals surface area contributed by atoms with Crippen LogP contribution in [0.2, 0.25) is 0 Å². The normalized spacial score (nSPS) is 23.4. The van der Waals surface area contributed by atoms with Gasteiger partial charge in [-0.15, -0.1) is 0 Å². The molecule has 2 bridgehead atoms. The van der Waals surface area contributed by atoms with Crippen LogP contribution in [0.25, 0.3) is 0 Å². The van der Waals surface area contributed by atoms with Crippen molar-refractivity contribution in [2.75, 3.05) is 37.7 Å². The fraction of sp³-hybridized carbons (Fsp3) is 0.571. The zero-order valence-corrected chi connectivity index (χ0v) is 22.2. The minimum Gasteiger partial charge on any atom is -0.477 e. The van der Waals surface area contributed by atoms with E-state index in [4.69, 9.17) is 14.5 Å². The van der Waals surface area contributed by atoms with Gasteiger partial charge < -0.3 is 24.2 Å². The second-order valence-corrected chi connectivity index (χ2v) is 11.3. The molecule has 0 spiro atoms. The Morgan fingerprint density at radius 1 is 1.05 bits per heavy atom. The van der Waals surface area contributed by atoms with E-state index in [1.54, 1.807) is 11.1 Å². The molecule has 3 unspecified atom stereocenters. The summed E-state index contributed by atoms with van der Waals surface area (Å²) in [7, 11) is 0. The van der Waals surface area contributed by atoms with E-state index in [1.807, 2.05) is 58.0 Å². The van der Waals surface area contributed by atoms with Crippen LogP contribution in [0.15, 0.2) is 36.5 Å². The van der Waals surface area contributed by atoms with Crippen LogP contribution in [0, 0.1) is 12.8 Å². The lowest BCUT2D eigenvalue weighted by atomic mass is 9.90. The number of ether oxygens (including phenoxy) is 2. The maximum Gasteiger partial charge on any atom is 0.410 e. The Kier molecular flexibility index (Phi) is 6.96. The fourth-order valence-corrected chi connectivity index (χ4v) is 5.77. The third-order valence-electron chi connectivity index (χ3n) is 7.47. The first kappa shape index (κ1) is 25.3. The number of fused-ring (bicyclic) bond motifs is 2. The monoisotopic (exact) mass is 507 g/mol. The summed E-state index contributed by atoms with van der Waals surface area (Å²) in [6, 6.07) is 9.97. The van der Waals surface area contributed by atoms with Gasteiger partial charge >= 0.3 is 6.09 Å². The molecule has 0 aromatic carbocycles. The van der Waals surface area contributed by atoms with Crippen LogP contribution in [-0.2, 0) is 4.74 Å². The van der Waals surface area contributed by atoms with Gasteiger partial charge in [-0.3, -0.25) is 4.79 Å². The second kappa shape index (κ2) is 10.2. The molecule has 198 valence electrons. The van der Waals surface area contributed by atoms with Crippen molar-refractivity contribution < 1.29 is 19.1 Å². The molecule has 37 heavy (non-hydrogen) atoms. The van der Waals surface area contributed by atoms with Crippen LogP contribution in [0.4, 0.5) is 10.5 Å². The van der Waals surface area contributed by atoms with Crippen molar-refractivity contribution in [1.29, 1.82) is 0 Å². The Morgan fingerprint density at radius 3 is 2.54 bits per heavy atom. The molecule has 0 radical (unpaired) electrons. The summed E-state index contributed by atoms with van der Waals surface area (Å²) in [5.74, 6) is 0.910. The number of piperazine rings is 1. The molecule has 5 rings (SSSR count). The molecule has 9 heteroatoms. The number of aryl methyl sites for hydroxylation is 1. The molecule has 9 nitrogen and oxygen atoms in total. The lowest BCUT2D eigenvalue weighted by Gasteiger charge is -2.37. The summed E-state index contributed by atoms with van der Waals surface area (Å²) in [5.41, 5.74) is 1.64. The van der Waals surface area contributed by atoms with Crippen molar-refractivity contribution in [2.24, 2.45) is 5.92 Å². The third-order valence-corrected chi connectivity index (χ3v) is 7.47. The molecule has 3 saturated heterocycles. The summed E-state index contributed by atoms with van der Waals surface area (Å²) in [6.45, 7) is 10.4. The summed E-state index contributed by atoms with van der Waals surface area (Å²) < 4.78 is 11.5. The van der Waals surface area contributed by atoms with Gasteiger partial charge in [0.05, 0.1) is 12.3 Å². The number of carbonyl (C=O) groups excluding carboxylic acids is 2. The Balaban J connectivity index is 1.27. The number of anilines is 1. The molecule has 2 amide bonds. The SMILES string of the molecule is Cc1ccc(N2CCN(C(=O)OC(C)(C)C)CC2)c(C(=O)N2C3CCC2C(COc2ccccn2)C3)n1. The van der Waals surface area contributed by atoms with Crippen LogP contribution < -0.4 is 9.64 Å². The van der Waals surface area contributed by atoms with E-state index >= 15 is 0 Å². The number of amides is 2. The Bertz CT molecular complexity index is 1130. The van der Waals surface area contributed by atoms with Crippen molar-refractivity contribution in [1.82, 2.24) is 19.8 Å². The fourth-order valence-electron chi connectivity index (χ4n) is 5.77. The lowest BCUT2D eigenvalue weighted by molar-refractivity contribution is 0.0240. The van der Waals surface area contributed by atoms with Crippen LogP contribution >= 0.6 is 0 Å². The molecule has 3 aliphatic heterocycles. The van der Waals surface area contributed by atoms with Crippen LogP contribution in [-0.4, -0.2) is 82.2 Å². The Morgan fingerprint density at radius 2 is 1.84 bits per heavy atom. The molecule has 2 aromatic heterocycles. The van der Waals surface area contributed by atoms with E-state index in [2.05, 4.69) is 14.8 Å². The van der Waals surface area contributed by atoms with Crippen LogP contribution in [0.1, 0.15) is 56.2 Å². The molecule has 2 aromatic rings. The van der Waals surface area contributed by atoms with E-state index in [0.717, 1.165) is 30.6 Å². The number of hydrogen-bond acceptors (Lipinski definition) is 7. The van der Waals surface area contributed by atoms with Gasteiger partial charge in [0.25, 0.3) is 5.91 Å². The average molecular weight is 508 g/mol. The minimum atomic E-state index is -0.524. The first-order chi connectivity index (χ1) is 17.7. The number of carbonyl (C=O) groups is 2. The zero-order chi connectivity index (χ0) is 26.2. The van der Waals surface area contributed by atoms with E-state index in [0.29, 0.717) is 44.4 Å². The smallest absolute Gasteiger partial charge is 0.410 e. The van der Waals surface area contributed by atoms with E-state index in [9.17, 15) is 9.59 Å². The maximum atomic E-state index is 14.0. The Labute approximate surface area is 218 Å². The summed E-state index contributed by atoms with van der Waals surface area (Å²) in [4.78, 5) is 41.4. The molecule has 3 atom stereocenters. The van der Waals surface area contributed by atoms with Crippen molar-refractivity contribution in [3.05, 3.63) is 47.9 Å². The van der Waals surface area contributed by atoms with Crippen molar-refractivity contribution >= 4 is 17.7 Å². The predicted molar refractivity (Wildman–Crippen MR) is 140 cm³/mol. The third kappa shape index (κ3) is 5.50. The van der Waals surface area contributed by atoms with Gasteiger partial charge in [-0.05, 0) is 65.2 Å². The topological polar surface area (TPSA) is 88.1 Å². The molecule has 5 heterocycles. The Hall–Kier alpha value is -3.36. The molecule has 0 N–H and O–H groups in total. The van der Waals surface area contributed by atoms with Gasteiger partial charge in [-0.2, -0.15) is 0 Å². The predicted octanol–water partition coefficient (Wildman–Crippen LogP) is 3.91. The van der Waals surface area contributed by atoms with Gasteiger partial charge in [-0.25, -0.2) is 14.8 Å². The average Bonchev–Trinajstić information content (AvgIpc) is 3.45. The van der Waals surface area contributed by atoms with Crippen LogP contribution in [0.3, 0.4) is 0 Å². The summed E-state index contributed by atoms with van der Waals surface area (Å²) >= 11 is 0. The molecular weight excluding hydrogens is 470 g/mol. The number of aromatic nitrogens is 2. The van der Waals surface area contributed by atoms with Gasteiger partial charge in [0.15, 0.2) is 5.69 Å². The van der Waals surface area contributed by atoms with Crippen molar-refractivity contribution in [3.8, 4) is 5.88 Å². The van der Waals surface area contributed by atoms with Gasteiger partial charge in [0.1, 0.15) is 5.60 Å². The highest BCUT2D eigenvalue weighted by molar-refractivity contribution is 5.98. The molecule has 3 aliphatic rings. The van der Waals surface area contributed by atoms with Crippen molar-refractivity contribution in [3.63, 3.8) is 0 Å². The van der Waals surface area contributed by atoms with Crippen LogP contribution in [0.5, 0.6) is 5.88 Å². The highest BCUT2D eigenvalue weighted by Gasteiger charge is 2.49. The van der Waals surface area contributed by atoms with E-state index < -0.39 is 5.60 Å². The highest BCUT2D eigenvalue weighted by Crippen LogP contribution is 2.43. The van der Waals surface area contributed by atoms with Gasteiger partial charge in [0.2, 0.25) is 5.88 Å². The van der Waals surface area contributed by atoms with Crippen molar-refractivity contribution in [2.45, 2.75) is 64.6 Å². The van der Waals surface area contributed by atoms with Gasteiger partial charge in [-0.1, -0.05) is 6.07 Å². The second-order valence-electron chi connectivity index (χ2n) is 11.3. The number of pyridine rings is 2. The van der Waals surface area contributed by atoms with Gasteiger partial charge in [0, 0.05) is 62.1 Å². The molecular formula is C28H37N5O4.